The molecule has 0 bridgehead atoms. The number of benzene rings is 2. The first-order valence-electron chi connectivity index (χ1n) is 8.28. The number of amides is 1. The maximum Gasteiger partial charge on any atom is 0.330 e. The summed E-state index contributed by atoms with van der Waals surface area (Å²) in [6, 6.07) is 14.7. The second-order valence-corrected chi connectivity index (χ2v) is 6.31. The minimum absolute atomic E-state index is 0.144. The fourth-order valence-electron chi connectivity index (χ4n) is 2.62. The van der Waals surface area contributed by atoms with Gasteiger partial charge < -0.3 is 10.1 Å². The number of nitrogens with zero attached hydrogens (tertiary/aromatic N) is 1. The molecule has 0 radical (unpaired) electrons. The van der Waals surface area contributed by atoms with Crippen LogP contribution in [0.1, 0.15) is 26.3 Å². The second kappa shape index (κ2) is 8.29. The lowest BCUT2D eigenvalue weighted by Crippen LogP contribution is -2.46. The van der Waals surface area contributed by atoms with Crippen LogP contribution in [0, 0.1) is 17.2 Å². The minimum Gasteiger partial charge on any atom is -0.446 e. The zero-order valence-corrected chi connectivity index (χ0v) is 14.7. The summed E-state index contributed by atoms with van der Waals surface area (Å²) in [5, 5.41) is 13.6. The van der Waals surface area contributed by atoms with Crippen LogP contribution in [-0.4, -0.2) is 24.0 Å². The fraction of sp³-hybridized carbons (Fsp3) is 0.350. The molecule has 0 unspecified atom stereocenters. The quantitative estimate of drug-likeness (QED) is 0.821. The highest BCUT2D eigenvalue weighted by Crippen LogP contribution is 2.19. The molecule has 0 spiro atoms. The Morgan fingerprint density at radius 3 is 2.48 bits per heavy atom. The summed E-state index contributed by atoms with van der Waals surface area (Å²) in [6.45, 7) is 5.13. The van der Waals surface area contributed by atoms with Gasteiger partial charge in [-0.2, -0.15) is 5.26 Å². The van der Waals surface area contributed by atoms with E-state index in [4.69, 9.17) is 10.00 Å². The molecule has 2 aromatic carbocycles. The molecule has 130 valence electrons. The summed E-state index contributed by atoms with van der Waals surface area (Å²) >= 11 is 0. The Hall–Kier alpha value is -2.87. The topological polar surface area (TPSA) is 79.2 Å². The molecule has 25 heavy (non-hydrogen) atoms. The molecular formula is C20H22N2O3. The highest BCUT2D eigenvalue weighted by atomic mass is 16.5. The highest BCUT2D eigenvalue weighted by Gasteiger charge is 2.27. The average Bonchev–Trinajstić information content (AvgIpc) is 2.59. The number of esters is 1. The van der Waals surface area contributed by atoms with Crippen molar-refractivity contribution in [1.82, 2.24) is 5.32 Å². The second-order valence-electron chi connectivity index (χ2n) is 6.31. The van der Waals surface area contributed by atoms with E-state index in [2.05, 4.69) is 5.32 Å². The first kappa shape index (κ1) is 18.5. The first-order chi connectivity index (χ1) is 11.9. The third-order valence-corrected chi connectivity index (χ3v) is 3.94. The molecule has 0 aliphatic rings. The summed E-state index contributed by atoms with van der Waals surface area (Å²) in [5.74, 6) is -0.984. The van der Waals surface area contributed by atoms with Crippen LogP contribution in [0.5, 0.6) is 0 Å². The van der Waals surface area contributed by atoms with E-state index >= 15 is 0 Å². The van der Waals surface area contributed by atoms with Crippen LogP contribution < -0.4 is 5.32 Å². The van der Waals surface area contributed by atoms with Crippen molar-refractivity contribution in [3.8, 4) is 6.07 Å². The molecule has 1 amide bonds. The largest absolute Gasteiger partial charge is 0.446 e. The van der Waals surface area contributed by atoms with Gasteiger partial charge in [0.05, 0.1) is 6.42 Å². The smallest absolute Gasteiger partial charge is 0.330 e. The van der Waals surface area contributed by atoms with Crippen LogP contribution in [-0.2, 0) is 20.7 Å². The van der Waals surface area contributed by atoms with E-state index in [1.54, 1.807) is 0 Å². The molecule has 0 heterocycles. The Kier molecular flexibility index (Phi) is 6.13. The molecule has 0 aromatic heterocycles. The third kappa shape index (κ3) is 4.80. The van der Waals surface area contributed by atoms with Gasteiger partial charge in [-0.1, -0.05) is 56.3 Å². The Morgan fingerprint density at radius 1 is 1.12 bits per heavy atom. The summed E-state index contributed by atoms with van der Waals surface area (Å²) in [4.78, 5) is 24.6. The predicted molar refractivity (Wildman–Crippen MR) is 95.6 cm³/mol. The van der Waals surface area contributed by atoms with E-state index in [0.717, 1.165) is 16.3 Å². The monoisotopic (exact) mass is 338 g/mol. The van der Waals surface area contributed by atoms with Crippen molar-refractivity contribution in [1.29, 1.82) is 5.26 Å². The molecule has 1 N–H and O–H groups in total. The number of fused-ring (bicyclic) bond motifs is 1. The maximum atomic E-state index is 12.4. The van der Waals surface area contributed by atoms with Crippen molar-refractivity contribution in [2.75, 3.05) is 0 Å². The van der Waals surface area contributed by atoms with Crippen LogP contribution >= 0.6 is 0 Å². The van der Waals surface area contributed by atoms with Gasteiger partial charge in [0.2, 0.25) is 5.91 Å². The highest BCUT2D eigenvalue weighted by molar-refractivity contribution is 5.91. The minimum atomic E-state index is -0.844. The number of rotatable bonds is 6. The van der Waals surface area contributed by atoms with E-state index in [9.17, 15) is 9.59 Å². The third-order valence-electron chi connectivity index (χ3n) is 3.94. The molecule has 0 saturated heterocycles. The summed E-state index contributed by atoms with van der Waals surface area (Å²) in [7, 11) is 0. The number of ether oxygens (including phenoxy) is 1. The van der Waals surface area contributed by atoms with E-state index < -0.39 is 18.1 Å². The number of nitriles is 1. The lowest BCUT2D eigenvalue weighted by atomic mass is 10.0. The number of hydrogen-bond acceptors (Lipinski definition) is 4. The van der Waals surface area contributed by atoms with Gasteiger partial charge in [-0.25, -0.2) is 4.79 Å². The van der Waals surface area contributed by atoms with Crippen LogP contribution in [0.3, 0.4) is 0 Å². The van der Waals surface area contributed by atoms with E-state index in [0.29, 0.717) is 0 Å². The SMILES string of the molecule is CC(C)[C@H](NC(=O)Cc1cccc2ccccc12)C(=O)O[C@H](C)C#N. The van der Waals surface area contributed by atoms with Gasteiger partial charge in [0.15, 0.2) is 6.10 Å². The molecule has 2 rings (SSSR count). The van der Waals surface area contributed by atoms with Crippen LogP contribution in [0.4, 0.5) is 0 Å². The van der Waals surface area contributed by atoms with Gasteiger partial charge in [-0.15, -0.1) is 0 Å². The zero-order valence-electron chi connectivity index (χ0n) is 14.7. The maximum absolute atomic E-state index is 12.4. The van der Waals surface area contributed by atoms with Crippen molar-refractivity contribution in [2.24, 2.45) is 5.92 Å². The molecular weight excluding hydrogens is 316 g/mol. The van der Waals surface area contributed by atoms with Crippen LogP contribution in [0.15, 0.2) is 42.5 Å². The summed E-state index contributed by atoms with van der Waals surface area (Å²) in [5.41, 5.74) is 0.900. The van der Waals surface area contributed by atoms with E-state index in [1.165, 1.54) is 6.92 Å². The molecule has 5 nitrogen and oxygen atoms in total. The Morgan fingerprint density at radius 2 is 1.80 bits per heavy atom. The fourth-order valence-corrected chi connectivity index (χ4v) is 2.62. The average molecular weight is 338 g/mol. The molecule has 2 atom stereocenters. The number of nitrogens with one attached hydrogen (secondary N) is 1. The molecule has 0 aliphatic carbocycles. The Labute approximate surface area is 147 Å². The van der Waals surface area contributed by atoms with Crippen molar-refractivity contribution in [3.63, 3.8) is 0 Å². The molecule has 0 saturated carbocycles. The zero-order chi connectivity index (χ0) is 18.4. The van der Waals surface area contributed by atoms with Gasteiger partial charge >= 0.3 is 5.97 Å². The predicted octanol–water partition coefficient (Wildman–Crippen LogP) is 2.98. The molecule has 0 fully saturated rings. The van der Waals surface area contributed by atoms with Gasteiger partial charge in [-0.05, 0) is 29.2 Å². The van der Waals surface area contributed by atoms with Crippen molar-refractivity contribution < 1.29 is 14.3 Å². The van der Waals surface area contributed by atoms with Gasteiger partial charge in [0.25, 0.3) is 0 Å². The number of carbonyl (C=O) groups excluding carboxylic acids is 2. The van der Waals surface area contributed by atoms with E-state index in [1.807, 2.05) is 62.4 Å². The normalized spacial score (nSPS) is 13.1. The summed E-state index contributed by atoms with van der Waals surface area (Å²) < 4.78 is 5.03. The standard InChI is InChI=1S/C20H22N2O3/c1-13(2)19(20(24)25-14(3)12-21)22-18(23)11-16-9-6-8-15-7-4-5-10-17(15)16/h4-10,13-14,19H,11H2,1-3H3,(H,22,23)/t14-,19+/m1/s1. The lowest BCUT2D eigenvalue weighted by Gasteiger charge is -2.21. The Balaban J connectivity index is 2.11. The lowest BCUT2D eigenvalue weighted by molar-refractivity contribution is -0.151. The Bertz CT molecular complexity index is 803. The van der Waals surface area contributed by atoms with E-state index in [-0.39, 0.29) is 18.2 Å². The molecule has 5 heteroatoms. The molecule has 2 aromatic rings. The summed E-state index contributed by atoms with van der Waals surface area (Å²) in [6.07, 6.45) is -0.672. The van der Waals surface area contributed by atoms with Gasteiger partial charge in [0.1, 0.15) is 12.1 Å². The number of hydrogen-bond donors (Lipinski definition) is 1. The van der Waals surface area contributed by atoms with Gasteiger partial charge in [0, 0.05) is 0 Å². The van der Waals surface area contributed by atoms with Crippen LogP contribution in [0.2, 0.25) is 0 Å². The number of carbonyl (C=O) groups is 2. The first-order valence-corrected chi connectivity index (χ1v) is 8.28. The van der Waals surface area contributed by atoms with Gasteiger partial charge in [-0.3, -0.25) is 4.79 Å². The van der Waals surface area contributed by atoms with Crippen molar-refractivity contribution in [2.45, 2.75) is 39.3 Å². The van der Waals surface area contributed by atoms with Crippen molar-refractivity contribution in [3.05, 3.63) is 48.0 Å². The van der Waals surface area contributed by atoms with Crippen LogP contribution in [0.25, 0.3) is 10.8 Å². The van der Waals surface area contributed by atoms with Crippen molar-refractivity contribution >= 4 is 22.6 Å². The molecule has 0 aliphatic heterocycles.